The molecule has 0 aromatic heterocycles. The van der Waals surface area contributed by atoms with Crippen LogP contribution in [0.15, 0.2) is 24.3 Å². The van der Waals surface area contributed by atoms with Crippen molar-refractivity contribution in [1.29, 1.82) is 0 Å². The van der Waals surface area contributed by atoms with Crippen LogP contribution in [-0.2, 0) is 6.54 Å². The second-order valence-corrected chi connectivity index (χ2v) is 5.33. The van der Waals surface area contributed by atoms with Gasteiger partial charge < -0.3 is 15.3 Å². The van der Waals surface area contributed by atoms with Crippen LogP contribution < -0.4 is 5.32 Å². The molecule has 0 spiro atoms. The number of urea groups is 1. The zero-order valence-corrected chi connectivity index (χ0v) is 11.7. The standard InChI is InChI=1S/C13H19ClN2O2/c1-13(2,18)9-16(3)12(17)15-8-10-6-4-5-7-11(10)14/h4-7,18H,8-9H2,1-3H3,(H,15,17). The van der Waals surface area contributed by atoms with Crippen LogP contribution >= 0.6 is 11.6 Å². The van der Waals surface area contributed by atoms with Crippen LogP contribution in [0.4, 0.5) is 4.79 Å². The van der Waals surface area contributed by atoms with Gasteiger partial charge in [-0.15, -0.1) is 0 Å². The number of halogens is 1. The molecule has 100 valence electrons. The maximum Gasteiger partial charge on any atom is 0.317 e. The Morgan fingerprint density at radius 3 is 2.61 bits per heavy atom. The van der Waals surface area contributed by atoms with E-state index >= 15 is 0 Å². The molecule has 5 heteroatoms. The zero-order chi connectivity index (χ0) is 13.8. The highest BCUT2D eigenvalue weighted by Crippen LogP contribution is 2.14. The van der Waals surface area contributed by atoms with Gasteiger partial charge in [0.1, 0.15) is 0 Å². The first-order valence-electron chi connectivity index (χ1n) is 5.74. The van der Waals surface area contributed by atoms with E-state index in [0.717, 1.165) is 5.56 Å². The van der Waals surface area contributed by atoms with E-state index in [1.165, 1.54) is 4.90 Å². The van der Waals surface area contributed by atoms with Gasteiger partial charge in [-0.1, -0.05) is 29.8 Å². The maximum absolute atomic E-state index is 11.8. The molecule has 0 heterocycles. The zero-order valence-electron chi connectivity index (χ0n) is 10.9. The largest absolute Gasteiger partial charge is 0.389 e. The lowest BCUT2D eigenvalue weighted by atomic mass is 10.1. The molecule has 0 aliphatic heterocycles. The van der Waals surface area contributed by atoms with Gasteiger partial charge in [-0.2, -0.15) is 0 Å². The third-order valence-electron chi connectivity index (χ3n) is 2.36. The van der Waals surface area contributed by atoms with Crippen LogP contribution in [-0.4, -0.2) is 35.2 Å². The molecule has 0 unspecified atom stereocenters. The second kappa shape index (κ2) is 6.07. The van der Waals surface area contributed by atoms with Crippen molar-refractivity contribution < 1.29 is 9.90 Å². The summed E-state index contributed by atoms with van der Waals surface area (Å²) in [6, 6.07) is 7.11. The molecule has 0 saturated heterocycles. The Bertz CT molecular complexity index is 416. The molecule has 1 rings (SSSR count). The van der Waals surface area contributed by atoms with Crippen LogP contribution in [0.1, 0.15) is 19.4 Å². The normalized spacial score (nSPS) is 11.2. The van der Waals surface area contributed by atoms with E-state index in [2.05, 4.69) is 5.32 Å². The van der Waals surface area contributed by atoms with Crippen LogP contribution in [0.25, 0.3) is 0 Å². The third kappa shape index (κ3) is 4.94. The van der Waals surface area contributed by atoms with E-state index in [0.29, 0.717) is 11.6 Å². The summed E-state index contributed by atoms with van der Waals surface area (Å²) in [5, 5.41) is 13.0. The van der Waals surface area contributed by atoms with Crippen molar-refractivity contribution in [3.05, 3.63) is 34.9 Å². The molecule has 0 aliphatic rings. The minimum atomic E-state index is -0.906. The fourth-order valence-electron chi connectivity index (χ4n) is 1.60. The Balaban J connectivity index is 2.49. The first-order valence-corrected chi connectivity index (χ1v) is 6.12. The fourth-order valence-corrected chi connectivity index (χ4v) is 1.80. The maximum atomic E-state index is 11.8. The van der Waals surface area contributed by atoms with Crippen molar-refractivity contribution >= 4 is 17.6 Å². The van der Waals surface area contributed by atoms with Crippen molar-refractivity contribution in [3.63, 3.8) is 0 Å². The Morgan fingerprint density at radius 2 is 2.06 bits per heavy atom. The minimum absolute atomic E-state index is 0.239. The van der Waals surface area contributed by atoms with Crippen LogP contribution in [0.5, 0.6) is 0 Å². The van der Waals surface area contributed by atoms with Crippen LogP contribution in [0, 0.1) is 0 Å². The molecule has 0 radical (unpaired) electrons. The number of carbonyl (C=O) groups is 1. The predicted molar refractivity (Wildman–Crippen MR) is 72.6 cm³/mol. The second-order valence-electron chi connectivity index (χ2n) is 4.92. The summed E-state index contributed by atoms with van der Waals surface area (Å²) < 4.78 is 0. The van der Waals surface area contributed by atoms with Crippen molar-refractivity contribution in [2.45, 2.75) is 26.0 Å². The summed E-state index contributed by atoms with van der Waals surface area (Å²) in [5.74, 6) is 0. The highest BCUT2D eigenvalue weighted by Gasteiger charge is 2.19. The molecule has 1 aromatic rings. The Hall–Kier alpha value is -1.26. The monoisotopic (exact) mass is 270 g/mol. The SMILES string of the molecule is CN(CC(C)(C)O)C(=O)NCc1ccccc1Cl. The van der Waals surface area contributed by atoms with Gasteiger partial charge in [-0.25, -0.2) is 4.79 Å². The van der Waals surface area contributed by atoms with E-state index in [1.54, 1.807) is 27.0 Å². The summed E-state index contributed by atoms with van der Waals surface area (Å²) in [7, 11) is 1.64. The number of aliphatic hydroxyl groups is 1. The van der Waals surface area contributed by atoms with E-state index in [4.69, 9.17) is 11.6 Å². The summed E-state index contributed by atoms with van der Waals surface area (Å²) in [4.78, 5) is 13.2. The van der Waals surface area contributed by atoms with Gasteiger partial charge in [0.2, 0.25) is 0 Å². The van der Waals surface area contributed by atoms with Gasteiger partial charge in [-0.3, -0.25) is 0 Å². The van der Waals surface area contributed by atoms with E-state index in [-0.39, 0.29) is 12.6 Å². The highest BCUT2D eigenvalue weighted by atomic mass is 35.5. The first-order chi connectivity index (χ1) is 8.29. The topological polar surface area (TPSA) is 52.6 Å². The number of rotatable bonds is 4. The average molecular weight is 271 g/mol. The Morgan fingerprint density at radius 1 is 1.44 bits per heavy atom. The first kappa shape index (κ1) is 14.8. The Kier molecular flexibility index (Phi) is 4.99. The molecule has 0 fully saturated rings. The summed E-state index contributed by atoms with van der Waals surface area (Å²) in [5.41, 5.74) is -0.0413. The molecule has 0 bridgehead atoms. The van der Waals surface area contributed by atoms with E-state index in [1.807, 2.05) is 18.2 Å². The number of nitrogens with zero attached hydrogens (tertiary/aromatic N) is 1. The predicted octanol–water partition coefficient (Wildman–Crippen LogP) is 2.25. The quantitative estimate of drug-likeness (QED) is 0.882. The molecule has 4 nitrogen and oxygen atoms in total. The summed E-state index contributed by atoms with van der Waals surface area (Å²) in [6.07, 6.45) is 0. The van der Waals surface area contributed by atoms with Gasteiger partial charge in [-0.05, 0) is 25.5 Å². The number of amides is 2. The number of hydrogen-bond donors (Lipinski definition) is 2. The highest BCUT2D eigenvalue weighted by molar-refractivity contribution is 6.31. The van der Waals surface area contributed by atoms with Crippen molar-refractivity contribution in [2.24, 2.45) is 0 Å². The molecule has 2 amide bonds. The van der Waals surface area contributed by atoms with Crippen molar-refractivity contribution in [3.8, 4) is 0 Å². The van der Waals surface area contributed by atoms with Crippen molar-refractivity contribution in [2.75, 3.05) is 13.6 Å². The van der Waals surface area contributed by atoms with Crippen molar-refractivity contribution in [1.82, 2.24) is 10.2 Å². The summed E-state index contributed by atoms with van der Waals surface area (Å²) in [6.45, 7) is 3.95. The lowest BCUT2D eigenvalue weighted by molar-refractivity contribution is 0.0531. The fraction of sp³-hybridized carbons (Fsp3) is 0.462. The number of nitrogens with one attached hydrogen (secondary N) is 1. The number of hydrogen-bond acceptors (Lipinski definition) is 2. The van der Waals surface area contributed by atoms with E-state index < -0.39 is 5.60 Å². The number of benzene rings is 1. The van der Waals surface area contributed by atoms with Gasteiger partial charge >= 0.3 is 6.03 Å². The summed E-state index contributed by atoms with van der Waals surface area (Å²) >= 11 is 5.99. The molecule has 1 aromatic carbocycles. The molecular weight excluding hydrogens is 252 g/mol. The third-order valence-corrected chi connectivity index (χ3v) is 2.73. The minimum Gasteiger partial charge on any atom is -0.389 e. The molecular formula is C13H19ClN2O2. The smallest absolute Gasteiger partial charge is 0.317 e. The molecule has 0 aliphatic carbocycles. The molecule has 18 heavy (non-hydrogen) atoms. The number of carbonyl (C=O) groups excluding carboxylic acids is 1. The lowest BCUT2D eigenvalue weighted by Gasteiger charge is -2.25. The van der Waals surface area contributed by atoms with Gasteiger partial charge in [0.25, 0.3) is 0 Å². The molecule has 0 saturated carbocycles. The Labute approximate surface area is 113 Å². The van der Waals surface area contributed by atoms with Crippen LogP contribution in [0.3, 0.4) is 0 Å². The number of likely N-dealkylation sites (N-methyl/N-ethyl adjacent to an activating group) is 1. The van der Waals surface area contributed by atoms with Gasteiger partial charge in [0.15, 0.2) is 0 Å². The van der Waals surface area contributed by atoms with Gasteiger partial charge in [0, 0.05) is 18.6 Å². The molecule has 0 atom stereocenters. The average Bonchev–Trinajstić information content (AvgIpc) is 2.25. The van der Waals surface area contributed by atoms with Crippen LogP contribution in [0.2, 0.25) is 5.02 Å². The van der Waals surface area contributed by atoms with Gasteiger partial charge in [0.05, 0.1) is 12.1 Å². The lowest BCUT2D eigenvalue weighted by Crippen LogP contribution is -2.44. The molecule has 2 N–H and O–H groups in total. The van der Waals surface area contributed by atoms with E-state index in [9.17, 15) is 9.90 Å².